The molecule has 1 N–H and O–H groups in total. The van der Waals surface area contributed by atoms with Crippen molar-refractivity contribution in [3.8, 4) is 0 Å². The second kappa shape index (κ2) is 6.89. The van der Waals surface area contributed by atoms with Crippen LogP contribution in [0.3, 0.4) is 0 Å². The van der Waals surface area contributed by atoms with Crippen LogP contribution in [0, 0.1) is 5.92 Å². The van der Waals surface area contributed by atoms with Crippen LogP contribution in [-0.2, 0) is 4.79 Å². The lowest BCUT2D eigenvalue weighted by Crippen LogP contribution is -2.53. The van der Waals surface area contributed by atoms with Crippen LogP contribution >= 0.6 is 0 Å². The van der Waals surface area contributed by atoms with E-state index in [-0.39, 0.29) is 5.92 Å². The number of nitrogens with one attached hydrogen (secondary N) is 1. The summed E-state index contributed by atoms with van der Waals surface area (Å²) < 4.78 is 0. The van der Waals surface area contributed by atoms with Crippen LogP contribution in [0.5, 0.6) is 0 Å². The highest BCUT2D eigenvalue weighted by atomic mass is 16.2. The van der Waals surface area contributed by atoms with Crippen molar-refractivity contribution in [1.82, 2.24) is 10.2 Å². The van der Waals surface area contributed by atoms with E-state index in [9.17, 15) is 4.79 Å². The number of piperazine rings is 1. The smallest absolute Gasteiger partial charge is 0.230 e. The molecule has 1 fully saturated rings. The third-order valence-corrected chi connectivity index (χ3v) is 4.32. The van der Waals surface area contributed by atoms with Crippen LogP contribution < -0.4 is 5.32 Å². The van der Waals surface area contributed by atoms with Crippen LogP contribution in [0.15, 0.2) is 30.3 Å². The molecule has 3 nitrogen and oxygen atoms in total. The topological polar surface area (TPSA) is 32.3 Å². The number of amides is 1. The lowest BCUT2D eigenvalue weighted by atomic mass is 9.84. The molecule has 1 aromatic carbocycles. The molecule has 0 radical (unpaired) electrons. The van der Waals surface area contributed by atoms with Gasteiger partial charge in [0.15, 0.2) is 0 Å². The van der Waals surface area contributed by atoms with E-state index in [0.717, 1.165) is 31.6 Å². The molecule has 0 aromatic heterocycles. The Morgan fingerprint density at radius 2 is 2.10 bits per heavy atom. The van der Waals surface area contributed by atoms with Gasteiger partial charge in [-0.25, -0.2) is 0 Å². The molecular formula is C17H26N2O. The van der Waals surface area contributed by atoms with Crippen molar-refractivity contribution in [3.63, 3.8) is 0 Å². The third-order valence-electron chi connectivity index (χ3n) is 4.32. The highest BCUT2D eigenvalue weighted by Gasteiger charge is 2.31. The maximum absolute atomic E-state index is 12.9. The van der Waals surface area contributed by atoms with Gasteiger partial charge in [-0.2, -0.15) is 0 Å². The lowest BCUT2D eigenvalue weighted by Gasteiger charge is -2.36. The van der Waals surface area contributed by atoms with Crippen molar-refractivity contribution in [1.29, 1.82) is 0 Å². The van der Waals surface area contributed by atoms with Crippen molar-refractivity contribution in [2.45, 2.75) is 39.2 Å². The van der Waals surface area contributed by atoms with Gasteiger partial charge in [-0.1, -0.05) is 50.6 Å². The molecule has 1 aliphatic rings. The van der Waals surface area contributed by atoms with Gasteiger partial charge in [0.25, 0.3) is 0 Å². The molecule has 20 heavy (non-hydrogen) atoms. The van der Waals surface area contributed by atoms with Gasteiger partial charge in [-0.15, -0.1) is 0 Å². The molecule has 3 heteroatoms. The number of hydrogen-bond donors (Lipinski definition) is 1. The Balaban J connectivity index is 2.20. The molecule has 1 amide bonds. The molecule has 0 saturated carbocycles. The van der Waals surface area contributed by atoms with Gasteiger partial charge in [-0.3, -0.25) is 4.79 Å². The van der Waals surface area contributed by atoms with Gasteiger partial charge in [0.05, 0.1) is 5.92 Å². The average Bonchev–Trinajstić information content (AvgIpc) is 2.48. The molecule has 0 aliphatic carbocycles. The number of nitrogens with zero attached hydrogens (tertiary/aromatic N) is 1. The first kappa shape index (κ1) is 15.0. The van der Waals surface area contributed by atoms with Crippen LogP contribution in [0.25, 0.3) is 0 Å². The third kappa shape index (κ3) is 3.40. The van der Waals surface area contributed by atoms with Gasteiger partial charge in [-0.05, 0) is 18.4 Å². The molecule has 3 unspecified atom stereocenters. The summed E-state index contributed by atoms with van der Waals surface area (Å²) in [6.07, 6.45) is 1.02. The Morgan fingerprint density at radius 1 is 1.40 bits per heavy atom. The minimum Gasteiger partial charge on any atom is -0.339 e. The molecule has 1 aliphatic heterocycles. The van der Waals surface area contributed by atoms with Crippen molar-refractivity contribution in [2.24, 2.45) is 5.92 Å². The van der Waals surface area contributed by atoms with E-state index in [1.807, 2.05) is 23.1 Å². The summed E-state index contributed by atoms with van der Waals surface area (Å²) in [7, 11) is 0. The molecule has 1 aromatic rings. The summed E-state index contributed by atoms with van der Waals surface area (Å²) in [5, 5.41) is 3.39. The Morgan fingerprint density at radius 3 is 2.70 bits per heavy atom. The zero-order chi connectivity index (χ0) is 14.5. The first-order valence-electron chi connectivity index (χ1n) is 7.70. The van der Waals surface area contributed by atoms with E-state index < -0.39 is 0 Å². The summed E-state index contributed by atoms with van der Waals surface area (Å²) >= 11 is 0. The first-order chi connectivity index (χ1) is 9.63. The highest BCUT2D eigenvalue weighted by Crippen LogP contribution is 2.29. The fourth-order valence-electron chi connectivity index (χ4n) is 2.94. The minimum absolute atomic E-state index is 0.00787. The lowest BCUT2D eigenvalue weighted by molar-refractivity contribution is -0.135. The predicted octanol–water partition coefficient (Wildman–Crippen LogP) is 2.64. The van der Waals surface area contributed by atoms with E-state index >= 15 is 0 Å². The Hall–Kier alpha value is -1.35. The molecule has 1 saturated heterocycles. The Kier molecular flexibility index (Phi) is 5.18. The Bertz CT molecular complexity index is 432. The van der Waals surface area contributed by atoms with Crippen molar-refractivity contribution in [3.05, 3.63) is 35.9 Å². The number of rotatable bonds is 4. The molecule has 0 bridgehead atoms. The van der Waals surface area contributed by atoms with Crippen LogP contribution in [0.4, 0.5) is 0 Å². The summed E-state index contributed by atoms with van der Waals surface area (Å²) in [6.45, 7) is 9.02. The van der Waals surface area contributed by atoms with Crippen LogP contribution in [0.2, 0.25) is 0 Å². The van der Waals surface area contributed by atoms with E-state index in [1.165, 1.54) is 0 Å². The van der Waals surface area contributed by atoms with Crippen molar-refractivity contribution in [2.75, 3.05) is 19.6 Å². The zero-order valence-electron chi connectivity index (χ0n) is 12.8. The molecule has 1 heterocycles. The van der Waals surface area contributed by atoms with Crippen LogP contribution in [-0.4, -0.2) is 36.5 Å². The summed E-state index contributed by atoms with van der Waals surface area (Å²) in [5.41, 5.74) is 1.15. The van der Waals surface area contributed by atoms with Crippen molar-refractivity contribution >= 4 is 5.91 Å². The molecular weight excluding hydrogens is 248 g/mol. The average molecular weight is 274 g/mol. The van der Waals surface area contributed by atoms with E-state index in [0.29, 0.717) is 17.9 Å². The molecule has 3 atom stereocenters. The first-order valence-corrected chi connectivity index (χ1v) is 7.70. The quantitative estimate of drug-likeness (QED) is 0.915. The minimum atomic E-state index is -0.00787. The predicted molar refractivity (Wildman–Crippen MR) is 82.7 cm³/mol. The van der Waals surface area contributed by atoms with Gasteiger partial charge in [0.2, 0.25) is 5.91 Å². The zero-order valence-corrected chi connectivity index (χ0v) is 12.8. The van der Waals surface area contributed by atoms with Crippen LogP contribution in [0.1, 0.15) is 38.7 Å². The fraction of sp³-hybridized carbons (Fsp3) is 0.588. The van der Waals surface area contributed by atoms with Gasteiger partial charge in [0.1, 0.15) is 0 Å². The summed E-state index contributed by atoms with van der Waals surface area (Å²) in [6, 6.07) is 10.6. The molecule has 2 rings (SSSR count). The second-order valence-electron chi connectivity index (χ2n) is 5.91. The SMILES string of the molecule is CCC(C)C(C(=O)N1CCNC(C)C1)c1ccccc1. The van der Waals surface area contributed by atoms with E-state index in [2.05, 4.69) is 38.2 Å². The second-order valence-corrected chi connectivity index (χ2v) is 5.91. The number of benzene rings is 1. The summed E-state index contributed by atoms with van der Waals surface area (Å²) in [4.78, 5) is 15.0. The monoisotopic (exact) mass is 274 g/mol. The maximum atomic E-state index is 12.9. The largest absolute Gasteiger partial charge is 0.339 e. The van der Waals surface area contributed by atoms with E-state index in [1.54, 1.807) is 0 Å². The Labute approximate surface area is 122 Å². The summed E-state index contributed by atoms with van der Waals surface area (Å²) in [5.74, 6) is 0.653. The number of carbonyl (C=O) groups excluding carboxylic acids is 1. The highest BCUT2D eigenvalue weighted by molar-refractivity contribution is 5.84. The number of carbonyl (C=O) groups is 1. The normalized spacial score (nSPS) is 22.4. The number of hydrogen-bond acceptors (Lipinski definition) is 2. The van der Waals surface area contributed by atoms with Crippen molar-refractivity contribution < 1.29 is 4.79 Å². The standard InChI is InChI=1S/C17H26N2O/c1-4-13(2)16(15-8-6-5-7-9-15)17(20)19-11-10-18-14(3)12-19/h5-9,13-14,16,18H,4,10-12H2,1-3H3. The maximum Gasteiger partial charge on any atom is 0.230 e. The molecule has 110 valence electrons. The van der Waals surface area contributed by atoms with Gasteiger partial charge < -0.3 is 10.2 Å². The molecule has 0 spiro atoms. The van der Waals surface area contributed by atoms with E-state index in [4.69, 9.17) is 0 Å². The van der Waals surface area contributed by atoms with Gasteiger partial charge in [0, 0.05) is 25.7 Å². The fourth-order valence-corrected chi connectivity index (χ4v) is 2.94. The van der Waals surface area contributed by atoms with Gasteiger partial charge >= 0.3 is 0 Å².